The Bertz CT molecular complexity index is 1310. The number of hydrogen-bond donors (Lipinski definition) is 3. The molecule has 39 heavy (non-hydrogen) atoms. The molecule has 1 fully saturated rings. The molecule has 0 unspecified atom stereocenters. The first-order chi connectivity index (χ1) is 18.5. The zero-order valence-electron chi connectivity index (χ0n) is 23.2. The number of aliphatic hydroxyl groups excluding tert-OH is 2. The predicted octanol–water partition coefficient (Wildman–Crippen LogP) is 4.05. The van der Waals surface area contributed by atoms with Gasteiger partial charge in [-0.05, 0) is 41.4 Å². The van der Waals surface area contributed by atoms with Crippen LogP contribution < -0.4 is 10.4 Å². The number of nitrogens with zero attached hydrogens (tertiary/aromatic N) is 1. The van der Waals surface area contributed by atoms with Gasteiger partial charge in [0.1, 0.15) is 30.2 Å². The fourth-order valence-corrected chi connectivity index (χ4v) is 10.3. The number of rotatable bonds is 8. The minimum absolute atomic E-state index is 0.0146. The van der Waals surface area contributed by atoms with Crippen LogP contribution >= 0.6 is 0 Å². The molecular weight excluding hydrogens is 508 g/mol. The van der Waals surface area contributed by atoms with Crippen LogP contribution in [0.1, 0.15) is 46.5 Å². The quantitative estimate of drug-likeness (QED) is 0.289. The first-order valence-corrected chi connectivity index (χ1v) is 15.3. The van der Waals surface area contributed by atoms with Crippen LogP contribution in [0, 0.1) is 0 Å². The van der Waals surface area contributed by atoms with Crippen LogP contribution in [0.4, 0.5) is 0 Å². The van der Waals surface area contributed by atoms with Gasteiger partial charge in [-0.2, -0.15) is 0 Å². The van der Waals surface area contributed by atoms with Crippen LogP contribution in [0.3, 0.4) is 0 Å². The lowest BCUT2D eigenvalue weighted by Crippen LogP contribution is -2.67. The van der Waals surface area contributed by atoms with Crippen molar-refractivity contribution in [3.8, 4) is 0 Å². The maximum absolute atomic E-state index is 11.6. The summed E-state index contributed by atoms with van der Waals surface area (Å²) in [7, 11) is -2.87. The number of benzene rings is 3. The Morgan fingerprint density at radius 1 is 0.872 bits per heavy atom. The van der Waals surface area contributed by atoms with E-state index in [1.54, 1.807) is 13.8 Å². The minimum atomic E-state index is -2.87. The van der Waals surface area contributed by atoms with Crippen molar-refractivity contribution in [2.45, 2.75) is 69.9 Å². The average Bonchev–Trinajstić information content (AvgIpc) is 3.49. The standard InChI is InChI=1S/C31H38N2O5Si/c1-30(2,3)39(21-14-8-6-9-15-21,22-16-10-7-11-17-22)36-20-25(34)27-28(38-31(4,5)37-27)26(35)29-32-23-18-12-13-19-24(23)33-29/h6-19,25-28,34-35H,20H2,1-5H3,(H,32,33)/t25-,26+,27-,28-/m1/s1. The SMILES string of the molecule is CC1(C)O[C@H]([C@H](O)CO[Si](c2ccccc2)(c2ccccc2)C(C)(C)C)[C@@H]([C@H](O)c2nc3ccccc3[nH]2)O1. The molecule has 8 heteroatoms. The number of ether oxygens (including phenoxy) is 2. The van der Waals surface area contributed by atoms with Crippen LogP contribution in [0.5, 0.6) is 0 Å². The summed E-state index contributed by atoms with van der Waals surface area (Å²) in [6, 6.07) is 28.2. The first kappa shape index (κ1) is 27.7. The van der Waals surface area contributed by atoms with E-state index in [2.05, 4.69) is 55.0 Å². The van der Waals surface area contributed by atoms with Gasteiger partial charge < -0.3 is 29.1 Å². The summed E-state index contributed by atoms with van der Waals surface area (Å²) < 4.78 is 19.2. The summed E-state index contributed by atoms with van der Waals surface area (Å²) in [6.07, 6.45) is -3.87. The van der Waals surface area contributed by atoms with E-state index in [4.69, 9.17) is 13.9 Å². The Hall–Kier alpha value is -2.85. The normalized spacial score (nSPS) is 21.2. The molecule has 1 saturated heterocycles. The van der Waals surface area contributed by atoms with Gasteiger partial charge in [0.25, 0.3) is 8.32 Å². The van der Waals surface area contributed by atoms with Crippen LogP contribution in [0.2, 0.25) is 5.04 Å². The third kappa shape index (κ3) is 5.33. The van der Waals surface area contributed by atoms with E-state index in [0.29, 0.717) is 5.82 Å². The lowest BCUT2D eigenvalue weighted by molar-refractivity contribution is -0.162. The van der Waals surface area contributed by atoms with Crippen LogP contribution in [-0.4, -0.2) is 59.2 Å². The molecule has 1 aromatic heterocycles. The van der Waals surface area contributed by atoms with Crippen molar-refractivity contribution in [2.75, 3.05) is 6.61 Å². The highest BCUT2D eigenvalue weighted by Gasteiger charge is 2.53. The van der Waals surface area contributed by atoms with Crippen LogP contribution in [0.15, 0.2) is 84.9 Å². The maximum Gasteiger partial charge on any atom is 0.261 e. The van der Waals surface area contributed by atoms with E-state index >= 15 is 0 Å². The molecule has 1 aliphatic heterocycles. The van der Waals surface area contributed by atoms with Gasteiger partial charge in [0.15, 0.2) is 5.79 Å². The van der Waals surface area contributed by atoms with Gasteiger partial charge in [-0.15, -0.1) is 0 Å². The van der Waals surface area contributed by atoms with Crippen LogP contribution in [0.25, 0.3) is 11.0 Å². The molecule has 0 spiro atoms. The van der Waals surface area contributed by atoms with Crippen molar-refractivity contribution >= 4 is 29.7 Å². The second-order valence-electron chi connectivity index (χ2n) is 11.7. The largest absolute Gasteiger partial charge is 0.405 e. The van der Waals surface area contributed by atoms with Crippen molar-refractivity contribution in [1.29, 1.82) is 0 Å². The molecule has 0 aliphatic carbocycles. The molecule has 2 heterocycles. The van der Waals surface area contributed by atoms with Crippen LogP contribution in [-0.2, 0) is 13.9 Å². The smallest absolute Gasteiger partial charge is 0.261 e. The summed E-state index contributed by atoms with van der Waals surface area (Å²) in [4.78, 5) is 7.72. The molecular formula is C31H38N2O5Si. The lowest BCUT2D eigenvalue weighted by Gasteiger charge is -2.43. The van der Waals surface area contributed by atoms with Gasteiger partial charge in [0.2, 0.25) is 0 Å². The summed E-state index contributed by atoms with van der Waals surface area (Å²) >= 11 is 0. The van der Waals surface area contributed by atoms with Gasteiger partial charge in [-0.25, -0.2) is 4.98 Å². The third-order valence-corrected chi connectivity index (χ3v) is 12.4. The molecule has 0 amide bonds. The second-order valence-corrected chi connectivity index (χ2v) is 16.0. The van der Waals surface area contributed by atoms with Crippen molar-refractivity contribution < 1.29 is 24.1 Å². The number of fused-ring (bicyclic) bond motifs is 1. The van der Waals surface area contributed by atoms with E-state index in [1.165, 1.54) is 0 Å². The fourth-order valence-electron chi connectivity index (χ4n) is 5.69. The molecule has 7 nitrogen and oxygen atoms in total. The molecule has 0 saturated carbocycles. The molecule has 5 rings (SSSR count). The van der Waals surface area contributed by atoms with Crippen molar-refractivity contribution in [2.24, 2.45) is 0 Å². The lowest BCUT2D eigenvalue weighted by atomic mass is 10.0. The third-order valence-electron chi connectivity index (χ3n) is 7.43. The number of nitrogens with one attached hydrogen (secondary N) is 1. The topological polar surface area (TPSA) is 96.8 Å². The molecule has 4 aromatic rings. The number of para-hydroxylation sites is 2. The van der Waals surface area contributed by atoms with Gasteiger partial charge in [0, 0.05) is 0 Å². The number of aromatic amines is 1. The number of aromatic nitrogens is 2. The summed E-state index contributed by atoms with van der Waals surface area (Å²) in [5.74, 6) is -0.631. The van der Waals surface area contributed by atoms with Crippen molar-refractivity contribution in [3.05, 3.63) is 90.8 Å². The average molecular weight is 547 g/mol. The first-order valence-electron chi connectivity index (χ1n) is 13.4. The van der Waals surface area contributed by atoms with E-state index in [0.717, 1.165) is 21.4 Å². The molecule has 0 radical (unpaired) electrons. The molecule has 4 atom stereocenters. The zero-order valence-corrected chi connectivity index (χ0v) is 24.2. The highest BCUT2D eigenvalue weighted by atomic mass is 28.4. The van der Waals surface area contributed by atoms with E-state index in [-0.39, 0.29) is 11.6 Å². The number of H-pyrrole nitrogens is 1. The Morgan fingerprint density at radius 3 is 1.97 bits per heavy atom. The summed E-state index contributed by atoms with van der Waals surface area (Å²) in [5.41, 5.74) is 1.56. The number of hydrogen-bond acceptors (Lipinski definition) is 6. The van der Waals surface area contributed by atoms with E-state index in [1.807, 2.05) is 60.7 Å². The number of imidazole rings is 1. The highest BCUT2D eigenvalue weighted by molar-refractivity contribution is 6.99. The predicted molar refractivity (Wildman–Crippen MR) is 154 cm³/mol. The van der Waals surface area contributed by atoms with Gasteiger partial charge in [-0.1, -0.05) is 93.6 Å². The summed E-state index contributed by atoms with van der Waals surface area (Å²) in [6.45, 7) is 10.1. The van der Waals surface area contributed by atoms with Crippen molar-refractivity contribution in [3.63, 3.8) is 0 Å². The minimum Gasteiger partial charge on any atom is -0.405 e. The molecule has 3 N–H and O–H groups in total. The molecule has 3 aromatic carbocycles. The van der Waals surface area contributed by atoms with E-state index < -0.39 is 38.5 Å². The maximum atomic E-state index is 11.6. The summed E-state index contributed by atoms with van der Waals surface area (Å²) in [5, 5.41) is 24.9. The number of aliphatic hydroxyl groups is 2. The zero-order chi connectivity index (χ0) is 27.8. The highest BCUT2D eigenvalue weighted by Crippen LogP contribution is 2.39. The molecule has 0 bridgehead atoms. The van der Waals surface area contributed by atoms with E-state index in [9.17, 15) is 10.2 Å². The Morgan fingerprint density at radius 2 is 1.41 bits per heavy atom. The van der Waals surface area contributed by atoms with Gasteiger partial charge >= 0.3 is 0 Å². The Labute approximate surface area is 230 Å². The fraction of sp³-hybridized carbons (Fsp3) is 0.387. The molecule has 206 valence electrons. The van der Waals surface area contributed by atoms with Gasteiger partial charge in [-0.3, -0.25) is 0 Å². The molecule has 1 aliphatic rings. The van der Waals surface area contributed by atoms with Crippen molar-refractivity contribution in [1.82, 2.24) is 9.97 Å². The Kier molecular flexibility index (Phi) is 7.54. The monoisotopic (exact) mass is 546 g/mol. The van der Waals surface area contributed by atoms with Gasteiger partial charge in [0.05, 0.1) is 17.6 Å². The second kappa shape index (κ2) is 10.6. The Balaban J connectivity index is 1.45.